The molecule has 1 aliphatic carbocycles. The minimum atomic E-state index is -1.35. The minimum absolute atomic E-state index is 0.0577. The van der Waals surface area contributed by atoms with Crippen molar-refractivity contribution >= 4 is 28.6 Å². The Labute approximate surface area is 202 Å². The van der Waals surface area contributed by atoms with Crippen LogP contribution in [0.4, 0.5) is 8.78 Å². The van der Waals surface area contributed by atoms with Gasteiger partial charge in [0.15, 0.2) is 11.6 Å². The Hall–Kier alpha value is -3.17. The largest absolute Gasteiger partial charge is 0.504 e. The molecule has 1 atom stereocenters. The molecule has 1 radical (unpaired) electrons. The first-order valence-electron chi connectivity index (χ1n) is 12.1. The number of hydrogen-bond donors (Lipinski definition) is 2. The van der Waals surface area contributed by atoms with Crippen molar-refractivity contribution in [1.29, 1.82) is 0 Å². The third-order valence-electron chi connectivity index (χ3n) is 7.26. The summed E-state index contributed by atoms with van der Waals surface area (Å²) in [5.41, 5.74) is 0.392. The summed E-state index contributed by atoms with van der Waals surface area (Å²) >= 11 is 0. The summed E-state index contributed by atoms with van der Waals surface area (Å²) in [6, 6.07) is 1.72. The SMILES string of the molecule is C[CH]C(=O)N[C@H](C(=O)N1CCN(C(=O)c2cc3c(O)c(F)c(F)cc3n2C)CC1)C1CCCCC1. The number of carbonyl (C=O) groups excluding carboxylic acids is 3. The van der Waals surface area contributed by atoms with Crippen LogP contribution >= 0.6 is 0 Å². The van der Waals surface area contributed by atoms with Crippen LogP contribution in [0.5, 0.6) is 5.75 Å². The molecule has 1 saturated carbocycles. The average molecular weight is 490 g/mol. The molecule has 1 aromatic carbocycles. The summed E-state index contributed by atoms with van der Waals surface area (Å²) in [5.74, 6) is -4.02. The van der Waals surface area contributed by atoms with Crippen LogP contribution in [0.3, 0.4) is 0 Å². The van der Waals surface area contributed by atoms with Gasteiger partial charge in [0.25, 0.3) is 5.91 Å². The number of rotatable bonds is 5. The lowest BCUT2D eigenvalue weighted by Crippen LogP contribution is -2.58. The van der Waals surface area contributed by atoms with E-state index in [2.05, 4.69) is 5.32 Å². The van der Waals surface area contributed by atoms with E-state index >= 15 is 0 Å². The topological polar surface area (TPSA) is 94.9 Å². The lowest BCUT2D eigenvalue weighted by atomic mass is 9.83. The summed E-state index contributed by atoms with van der Waals surface area (Å²) in [5, 5.41) is 12.9. The fourth-order valence-corrected chi connectivity index (χ4v) is 5.18. The molecule has 1 aliphatic heterocycles. The maximum atomic E-state index is 13.8. The van der Waals surface area contributed by atoms with Crippen molar-refractivity contribution in [2.75, 3.05) is 26.2 Å². The van der Waals surface area contributed by atoms with Gasteiger partial charge in [-0.3, -0.25) is 14.4 Å². The number of benzene rings is 1. The van der Waals surface area contributed by atoms with Crippen molar-refractivity contribution in [3.8, 4) is 5.75 Å². The Morgan fingerprint density at radius 3 is 2.31 bits per heavy atom. The molecule has 2 aromatic rings. The Morgan fingerprint density at radius 1 is 1.06 bits per heavy atom. The zero-order valence-electron chi connectivity index (χ0n) is 20.0. The predicted octanol–water partition coefficient (Wildman–Crippen LogP) is 2.74. The van der Waals surface area contributed by atoms with Crippen molar-refractivity contribution in [3.63, 3.8) is 0 Å². The van der Waals surface area contributed by atoms with Crippen LogP contribution < -0.4 is 5.32 Å². The van der Waals surface area contributed by atoms with Crippen molar-refractivity contribution < 1.29 is 28.3 Å². The van der Waals surface area contributed by atoms with E-state index in [4.69, 9.17) is 0 Å². The molecule has 2 N–H and O–H groups in total. The molecule has 4 rings (SSSR count). The van der Waals surface area contributed by atoms with Gasteiger partial charge in [0, 0.05) is 51.1 Å². The van der Waals surface area contributed by atoms with Crippen LogP contribution in [-0.4, -0.2) is 69.4 Å². The highest BCUT2D eigenvalue weighted by atomic mass is 19.2. The van der Waals surface area contributed by atoms with E-state index in [0.717, 1.165) is 38.2 Å². The molecule has 0 bridgehead atoms. The van der Waals surface area contributed by atoms with Crippen molar-refractivity contribution in [2.24, 2.45) is 13.0 Å². The highest BCUT2D eigenvalue weighted by Gasteiger charge is 2.35. The van der Waals surface area contributed by atoms with Crippen LogP contribution in [-0.2, 0) is 16.6 Å². The normalized spacial score (nSPS) is 18.1. The quantitative estimate of drug-likeness (QED) is 0.675. The van der Waals surface area contributed by atoms with Gasteiger partial charge in [-0.2, -0.15) is 4.39 Å². The second-order valence-electron chi connectivity index (χ2n) is 9.33. The van der Waals surface area contributed by atoms with Crippen LogP contribution in [0.1, 0.15) is 49.5 Å². The zero-order valence-corrected chi connectivity index (χ0v) is 20.0. The van der Waals surface area contributed by atoms with E-state index in [1.165, 1.54) is 17.1 Å². The van der Waals surface area contributed by atoms with E-state index in [-0.39, 0.29) is 53.3 Å². The Bertz CT molecular complexity index is 1130. The van der Waals surface area contributed by atoms with Gasteiger partial charge >= 0.3 is 0 Å². The third-order valence-corrected chi connectivity index (χ3v) is 7.26. The second kappa shape index (κ2) is 10.2. The lowest BCUT2D eigenvalue weighted by molar-refractivity contribution is -0.139. The standard InChI is InChI=1S/C25H31F2N4O4/c1-3-20(32)28-22(15-7-5-4-6-8-15)25(35)31-11-9-30(10-12-31)24(34)19-13-16-18(29(19)2)14-17(26)21(27)23(16)33/h3,13-15,22,33H,4-12H2,1-2H3,(H,28,32)/t22-/m0/s1. The molecule has 2 fully saturated rings. The number of nitrogens with one attached hydrogen (secondary N) is 1. The molecule has 2 aliphatic rings. The second-order valence-corrected chi connectivity index (χ2v) is 9.33. The summed E-state index contributed by atoms with van der Waals surface area (Å²) in [6.45, 7) is 2.84. The van der Waals surface area contributed by atoms with E-state index in [1.54, 1.807) is 23.8 Å². The van der Waals surface area contributed by atoms with E-state index in [1.807, 2.05) is 0 Å². The number of hydrogen-bond acceptors (Lipinski definition) is 4. The van der Waals surface area contributed by atoms with Crippen molar-refractivity contribution in [1.82, 2.24) is 19.7 Å². The van der Waals surface area contributed by atoms with Crippen molar-refractivity contribution in [3.05, 3.63) is 35.9 Å². The van der Waals surface area contributed by atoms with E-state index in [0.29, 0.717) is 13.1 Å². The summed E-state index contributed by atoms with van der Waals surface area (Å²) in [6.07, 6.45) is 6.42. The molecule has 10 heteroatoms. The first-order valence-corrected chi connectivity index (χ1v) is 12.1. The number of fused-ring (bicyclic) bond motifs is 1. The molecule has 0 spiro atoms. The fourth-order valence-electron chi connectivity index (χ4n) is 5.18. The summed E-state index contributed by atoms with van der Waals surface area (Å²) in [7, 11) is 1.55. The highest BCUT2D eigenvalue weighted by Crippen LogP contribution is 2.32. The number of phenolic OH excluding ortho intramolecular Hbond substituents is 1. The summed E-state index contributed by atoms with van der Waals surface area (Å²) < 4.78 is 29.0. The number of nitrogens with zero attached hydrogens (tertiary/aromatic N) is 3. The first kappa shape index (κ1) is 24.9. The van der Waals surface area contributed by atoms with Gasteiger partial charge in [0.05, 0.1) is 5.52 Å². The van der Waals surface area contributed by atoms with Crippen LogP contribution in [0, 0.1) is 24.0 Å². The van der Waals surface area contributed by atoms with E-state index < -0.39 is 23.4 Å². The molecule has 3 amide bonds. The smallest absolute Gasteiger partial charge is 0.270 e. The highest BCUT2D eigenvalue weighted by molar-refractivity contribution is 6.00. The number of aromatic nitrogens is 1. The van der Waals surface area contributed by atoms with Gasteiger partial charge in [-0.1, -0.05) is 26.2 Å². The Balaban J connectivity index is 1.46. The maximum Gasteiger partial charge on any atom is 0.270 e. The summed E-state index contributed by atoms with van der Waals surface area (Å²) in [4.78, 5) is 41.9. The molecule has 2 heterocycles. The fraction of sp³-hybridized carbons (Fsp3) is 0.520. The molecule has 1 saturated heterocycles. The maximum absolute atomic E-state index is 13.8. The van der Waals surface area contributed by atoms with Gasteiger partial charge in [-0.15, -0.1) is 0 Å². The molecule has 0 unspecified atom stereocenters. The monoisotopic (exact) mass is 489 g/mol. The van der Waals surface area contributed by atoms with Gasteiger partial charge in [-0.05, 0) is 24.8 Å². The number of carbonyl (C=O) groups is 3. The first-order chi connectivity index (χ1) is 16.7. The Morgan fingerprint density at radius 2 is 1.69 bits per heavy atom. The molecular weight excluding hydrogens is 458 g/mol. The number of piperazine rings is 1. The van der Waals surface area contributed by atoms with Gasteiger partial charge in [0.1, 0.15) is 11.7 Å². The number of amides is 3. The number of aromatic hydroxyl groups is 1. The van der Waals surface area contributed by atoms with Gasteiger partial charge < -0.3 is 24.8 Å². The number of aryl methyl sites for hydroxylation is 1. The zero-order chi connectivity index (χ0) is 25.3. The average Bonchev–Trinajstić information content (AvgIpc) is 3.21. The number of phenols is 1. The molecule has 35 heavy (non-hydrogen) atoms. The van der Waals surface area contributed by atoms with Gasteiger partial charge in [0.2, 0.25) is 17.6 Å². The molecular formula is C25H31F2N4O4. The van der Waals surface area contributed by atoms with Crippen molar-refractivity contribution in [2.45, 2.75) is 45.1 Å². The number of halogens is 2. The lowest BCUT2D eigenvalue weighted by Gasteiger charge is -2.38. The van der Waals surface area contributed by atoms with Crippen LogP contribution in [0.25, 0.3) is 10.9 Å². The van der Waals surface area contributed by atoms with Gasteiger partial charge in [-0.25, -0.2) is 4.39 Å². The predicted molar refractivity (Wildman–Crippen MR) is 125 cm³/mol. The Kier molecular flexibility index (Phi) is 7.28. The van der Waals surface area contributed by atoms with E-state index in [9.17, 15) is 28.3 Å². The molecule has 8 nitrogen and oxygen atoms in total. The van der Waals surface area contributed by atoms with Crippen LogP contribution in [0.2, 0.25) is 0 Å². The minimum Gasteiger partial charge on any atom is -0.504 e. The molecule has 189 valence electrons. The molecule has 1 aromatic heterocycles. The third kappa shape index (κ3) is 4.83. The van der Waals surface area contributed by atoms with Crippen LogP contribution in [0.15, 0.2) is 12.1 Å².